The van der Waals surface area contributed by atoms with Gasteiger partial charge in [-0.1, -0.05) is 13.8 Å². The summed E-state index contributed by atoms with van der Waals surface area (Å²) in [6.45, 7) is 4.22. The fourth-order valence-corrected chi connectivity index (χ4v) is 2.68. The first-order valence-electron chi connectivity index (χ1n) is 8.58. The predicted octanol–water partition coefficient (Wildman–Crippen LogP) is 2.34. The monoisotopic (exact) mass is 396 g/mol. The Morgan fingerprint density at radius 1 is 1.41 bits per heavy atom. The number of nitrogens with one attached hydrogen (secondary N) is 1. The number of carbonyl (C=O) groups is 2. The molecule has 0 unspecified atom stereocenters. The average Bonchev–Trinajstić information content (AvgIpc) is 2.55. The van der Waals surface area contributed by atoms with E-state index in [9.17, 15) is 14.7 Å². The van der Waals surface area contributed by atoms with E-state index in [4.69, 9.17) is 14.6 Å². The van der Waals surface area contributed by atoms with Crippen LogP contribution >= 0.6 is 12.6 Å². The first-order chi connectivity index (χ1) is 12.7. The number of fused-ring (bicyclic) bond motifs is 1. The Hall–Kier alpha value is -2.42. The van der Waals surface area contributed by atoms with E-state index in [2.05, 4.69) is 23.2 Å². The number of hydrazone groups is 1. The molecule has 1 amide bonds. The third kappa shape index (κ3) is 6.67. The quantitative estimate of drug-likeness (QED) is 0.304. The van der Waals surface area contributed by atoms with E-state index >= 15 is 0 Å². The van der Waals surface area contributed by atoms with E-state index in [0.29, 0.717) is 42.2 Å². The lowest BCUT2D eigenvalue weighted by atomic mass is 10.0. The number of phenolic OH excluding ortho intramolecular Hbond substituents is 1. The highest BCUT2D eigenvalue weighted by atomic mass is 32.1. The van der Waals surface area contributed by atoms with E-state index in [-0.39, 0.29) is 31.1 Å². The second-order valence-electron chi connectivity index (χ2n) is 6.84. The van der Waals surface area contributed by atoms with Gasteiger partial charge in [0.2, 0.25) is 5.91 Å². The van der Waals surface area contributed by atoms with Crippen molar-refractivity contribution in [3.63, 3.8) is 0 Å². The number of thiol groups is 1. The van der Waals surface area contributed by atoms with Gasteiger partial charge in [-0.15, -0.1) is 0 Å². The number of hydrogen-bond acceptors (Lipinski definition) is 7. The molecule has 1 aliphatic heterocycles. The van der Waals surface area contributed by atoms with Crippen molar-refractivity contribution >= 4 is 30.2 Å². The second-order valence-corrected chi connectivity index (χ2v) is 8.05. The molecule has 0 fully saturated rings. The van der Waals surface area contributed by atoms with Gasteiger partial charge in [0, 0.05) is 36.1 Å². The molecule has 1 aliphatic rings. The van der Waals surface area contributed by atoms with Crippen LogP contribution in [0.2, 0.25) is 0 Å². The van der Waals surface area contributed by atoms with E-state index in [1.165, 1.54) is 6.07 Å². The van der Waals surface area contributed by atoms with Gasteiger partial charge in [-0.2, -0.15) is 17.7 Å². The van der Waals surface area contributed by atoms with Crippen LogP contribution in [0.15, 0.2) is 17.2 Å². The number of aromatic hydroxyl groups is 1. The fraction of sp³-hybridized carbons (Fsp3) is 0.500. The highest BCUT2D eigenvalue weighted by Crippen LogP contribution is 2.37. The zero-order chi connectivity index (χ0) is 20.0. The SMILES string of the molecule is CC(C)(S)CC(=O)NN=C1CCOc2cc(OCCCC(=O)O)cc(O)c21. The molecule has 148 valence electrons. The van der Waals surface area contributed by atoms with Crippen LogP contribution in [0, 0.1) is 0 Å². The van der Waals surface area contributed by atoms with Gasteiger partial charge in [-0.05, 0) is 6.42 Å². The normalized spacial score (nSPS) is 15.0. The molecule has 9 heteroatoms. The van der Waals surface area contributed by atoms with Gasteiger partial charge in [0.15, 0.2) is 0 Å². The molecule has 0 spiro atoms. The number of amides is 1. The first kappa shape index (κ1) is 20.9. The van der Waals surface area contributed by atoms with Gasteiger partial charge >= 0.3 is 5.97 Å². The summed E-state index contributed by atoms with van der Waals surface area (Å²) in [7, 11) is 0. The molecule has 0 saturated heterocycles. The lowest BCUT2D eigenvalue weighted by molar-refractivity contribution is -0.137. The molecule has 0 radical (unpaired) electrons. The number of phenols is 1. The minimum Gasteiger partial charge on any atom is -0.507 e. The van der Waals surface area contributed by atoms with Gasteiger partial charge in [-0.25, -0.2) is 5.43 Å². The summed E-state index contributed by atoms with van der Waals surface area (Å²) >= 11 is 4.32. The molecule has 27 heavy (non-hydrogen) atoms. The standard InChI is InChI=1S/C18H24N2O6S/c1-18(2,27)10-15(22)20-19-12-5-7-26-14-9-11(8-13(21)17(12)14)25-6-3-4-16(23)24/h8-9,21,27H,3-7,10H2,1-2H3,(H,20,22)(H,23,24). The Kier molecular flexibility index (Phi) is 6.95. The predicted molar refractivity (Wildman–Crippen MR) is 103 cm³/mol. The lowest BCUT2D eigenvalue weighted by Gasteiger charge is -2.21. The highest BCUT2D eigenvalue weighted by Gasteiger charge is 2.23. The number of benzene rings is 1. The summed E-state index contributed by atoms with van der Waals surface area (Å²) in [6.07, 6.45) is 0.997. The molecule has 1 aromatic carbocycles. The number of carboxylic acids is 1. The van der Waals surface area contributed by atoms with Crippen molar-refractivity contribution in [2.45, 2.75) is 44.3 Å². The summed E-state index contributed by atoms with van der Waals surface area (Å²) < 4.78 is 10.6. The van der Waals surface area contributed by atoms with Crippen LogP contribution in [0.1, 0.15) is 45.1 Å². The molecule has 1 heterocycles. The molecular weight excluding hydrogens is 372 g/mol. The Labute approximate surface area is 163 Å². The number of hydrogen-bond donors (Lipinski definition) is 4. The maximum atomic E-state index is 11.9. The maximum Gasteiger partial charge on any atom is 0.303 e. The van der Waals surface area contributed by atoms with Crippen molar-refractivity contribution in [1.29, 1.82) is 0 Å². The van der Waals surface area contributed by atoms with Crippen LogP contribution in [0.5, 0.6) is 17.2 Å². The minimum atomic E-state index is -0.889. The Balaban J connectivity index is 2.09. The summed E-state index contributed by atoms with van der Waals surface area (Å²) in [5, 5.41) is 23.1. The zero-order valence-corrected chi connectivity index (χ0v) is 16.2. The van der Waals surface area contributed by atoms with E-state index in [1.54, 1.807) is 6.07 Å². The van der Waals surface area contributed by atoms with Crippen LogP contribution in [0.4, 0.5) is 0 Å². The second kappa shape index (κ2) is 8.98. The van der Waals surface area contributed by atoms with Crippen LogP contribution < -0.4 is 14.9 Å². The van der Waals surface area contributed by atoms with Crippen molar-refractivity contribution in [3.8, 4) is 17.2 Å². The summed E-state index contributed by atoms with van der Waals surface area (Å²) in [4.78, 5) is 22.4. The van der Waals surface area contributed by atoms with Crippen molar-refractivity contribution < 1.29 is 29.3 Å². The average molecular weight is 396 g/mol. The lowest BCUT2D eigenvalue weighted by Crippen LogP contribution is -2.28. The largest absolute Gasteiger partial charge is 0.507 e. The number of nitrogens with zero attached hydrogens (tertiary/aromatic N) is 1. The van der Waals surface area contributed by atoms with Gasteiger partial charge < -0.3 is 19.7 Å². The molecule has 0 atom stereocenters. The third-order valence-corrected chi connectivity index (χ3v) is 3.81. The Bertz CT molecular complexity index is 742. The van der Waals surface area contributed by atoms with Gasteiger partial charge in [0.05, 0.1) is 24.5 Å². The van der Waals surface area contributed by atoms with Crippen molar-refractivity contribution in [2.24, 2.45) is 5.10 Å². The molecule has 8 nitrogen and oxygen atoms in total. The van der Waals surface area contributed by atoms with Gasteiger partial charge in [0.25, 0.3) is 0 Å². The van der Waals surface area contributed by atoms with Crippen LogP contribution in [-0.4, -0.2) is 45.8 Å². The van der Waals surface area contributed by atoms with E-state index < -0.39 is 10.7 Å². The summed E-state index contributed by atoms with van der Waals surface area (Å²) in [5.74, 6) is -0.466. The smallest absolute Gasteiger partial charge is 0.303 e. The summed E-state index contributed by atoms with van der Waals surface area (Å²) in [6, 6.07) is 3.03. The molecule has 0 aromatic heterocycles. The number of carboxylic acid groups (broad SMARTS) is 1. The van der Waals surface area contributed by atoms with Crippen LogP contribution in [0.3, 0.4) is 0 Å². The molecule has 1 aromatic rings. The highest BCUT2D eigenvalue weighted by molar-refractivity contribution is 7.81. The Morgan fingerprint density at radius 2 is 2.15 bits per heavy atom. The van der Waals surface area contributed by atoms with Gasteiger partial charge in [-0.3, -0.25) is 9.59 Å². The van der Waals surface area contributed by atoms with Gasteiger partial charge in [0.1, 0.15) is 17.2 Å². The first-order valence-corrected chi connectivity index (χ1v) is 9.03. The van der Waals surface area contributed by atoms with Crippen molar-refractivity contribution in [1.82, 2.24) is 5.43 Å². The molecule has 0 bridgehead atoms. The van der Waals surface area contributed by atoms with E-state index in [1.807, 2.05) is 13.8 Å². The van der Waals surface area contributed by atoms with Crippen molar-refractivity contribution in [2.75, 3.05) is 13.2 Å². The maximum absolute atomic E-state index is 11.9. The van der Waals surface area contributed by atoms with Crippen LogP contribution in [-0.2, 0) is 9.59 Å². The van der Waals surface area contributed by atoms with Crippen molar-refractivity contribution in [3.05, 3.63) is 17.7 Å². The molecule has 0 aliphatic carbocycles. The zero-order valence-electron chi connectivity index (χ0n) is 15.3. The molecule has 2 rings (SSSR count). The molecule has 0 saturated carbocycles. The topological polar surface area (TPSA) is 117 Å². The fourth-order valence-electron chi connectivity index (χ4n) is 2.53. The summed E-state index contributed by atoms with van der Waals surface area (Å²) in [5.41, 5.74) is 3.41. The molecular formula is C18H24N2O6S. The van der Waals surface area contributed by atoms with Crippen LogP contribution in [0.25, 0.3) is 0 Å². The Morgan fingerprint density at radius 3 is 2.81 bits per heavy atom. The number of carbonyl (C=O) groups excluding carboxylic acids is 1. The number of ether oxygens (including phenoxy) is 2. The number of aliphatic carboxylic acids is 1. The molecule has 3 N–H and O–H groups in total. The number of rotatable bonds is 8. The minimum absolute atomic E-state index is 0.00696. The third-order valence-electron chi connectivity index (χ3n) is 3.65. The van der Waals surface area contributed by atoms with E-state index in [0.717, 1.165) is 0 Å².